The van der Waals surface area contributed by atoms with Gasteiger partial charge in [-0.25, -0.2) is 14.9 Å². The number of amides is 2. The lowest BCUT2D eigenvalue weighted by atomic mass is 10.5. The summed E-state index contributed by atoms with van der Waals surface area (Å²) in [5.41, 5.74) is 0. The molecular weight excluding hydrogens is 174 g/mol. The van der Waals surface area contributed by atoms with E-state index in [-0.39, 0.29) is 0 Å². The quantitative estimate of drug-likeness (QED) is 0.730. The summed E-state index contributed by atoms with van der Waals surface area (Å²) in [7, 11) is 0. The molecule has 0 heterocycles. The molecular formula is C8H15NO4. The second-order valence-electron chi connectivity index (χ2n) is 2.40. The molecule has 0 unspecified atom stereocenters. The summed E-state index contributed by atoms with van der Waals surface area (Å²) < 4.78 is 9.18. The molecule has 1 N–H and O–H groups in total. The first-order valence-electron chi connectivity index (χ1n) is 4.31. The Bertz CT molecular complexity index is 152. The molecule has 76 valence electrons. The minimum Gasteiger partial charge on any atom is -0.449 e. The van der Waals surface area contributed by atoms with E-state index >= 15 is 0 Å². The first-order valence-corrected chi connectivity index (χ1v) is 4.31. The van der Waals surface area contributed by atoms with Gasteiger partial charge in [-0.3, -0.25) is 0 Å². The number of hydrogen-bond donors (Lipinski definition) is 1. The van der Waals surface area contributed by atoms with Crippen LogP contribution in [-0.2, 0) is 9.47 Å². The van der Waals surface area contributed by atoms with E-state index in [1.54, 1.807) is 0 Å². The zero-order chi connectivity index (χ0) is 10.1. The summed E-state index contributed by atoms with van der Waals surface area (Å²) >= 11 is 0. The van der Waals surface area contributed by atoms with Gasteiger partial charge < -0.3 is 9.47 Å². The number of rotatable bonds is 4. The Morgan fingerprint density at radius 3 is 1.69 bits per heavy atom. The van der Waals surface area contributed by atoms with Gasteiger partial charge in [-0.15, -0.1) is 0 Å². The molecule has 0 atom stereocenters. The van der Waals surface area contributed by atoms with Gasteiger partial charge >= 0.3 is 12.2 Å². The molecule has 0 saturated carbocycles. The standard InChI is InChI=1S/C8H15NO4/c1-3-5-12-7(10)9-8(11)13-6-4-2/h3-6H2,1-2H3,(H,9,10,11). The van der Waals surface area contributed by atoms with Gasteiger partial charge in [0.2, 0.25) is 0 Å². The van der Waals surface area contributed by atoms with Crippen molar-refractivity contribution in [3.8, 4) is 0 Å². The number of imide groups is 1. The second-order valence-corrected chi connectivity index (χ2v) is 2.40. The Morgan fingerprint density at radius 2 is 1.38 bits per heavy atom. The topological polar surface area (TPSA) is 64.6 Å². The van der Waals surface area contributed by atoms with Crippen LogP contribution in [0, 0.1) is 0 Å². The Hall–Kier alpha value is -1.26. The van der Waals surface area contributed by atoms with Gasteiger partial charge in [0.15, 0.2) is 0 Å². The van der Waals surface area contributed by atoms with E-state index in [2.05, 4.69) is 9.47 Å². The summed E-state index contributed by atoms with van der Waals surface area (Å²) in [4.78, 5) is 21.5. The van der Waals surface area contributed by atoms with Crippen molar-refractivity contribution in [1.29, 1.82) is 0 Å². The Balaban J connectivity index is 3.47. The average molecular weight is 189 g/mol. The summed E-state index contributed by atoms with van der Waals surface area (Å²) in [5, 5.41) is 1.93. The molecule has 13 heavy (non-hydrogen) atoms. The largest absolute Gasteiger partial charge is 0.449 e. The highest BCUT2D eigenvalue weighted by Crippen LogP contribution is 1.85. The molecule has 0 aromatic heterocycles. The number of alkyl carbamates (subject to hydrolysis) is 2. The summed E-state index contributed by atoms with van der Waals surface area (Å²) in [5.74, 6) is 0. The van der Waals surface area contributed by atoms with E-state index in [9.17, 15) is 9.59 Å². The van der Waals surface area contributed by atoms with E-state index < -0.39 is 12.2 Å². The Labute approximate surface area is 77.4 Å². The maximum Gasteiger partial charge on any atom is 0.416 e. The van der Waals surface area contributed by atoms with Gasteiger partial charge in [-0.2, -0.15) is 0 Å². The molecule has 0 rings (SSSR count). The first-order chi connectivity index (χ1) is 6.20. The highest BCUT2D eigenvalue weighted by molar-refractivity contribution is 5.87. The van der Waals surface area contributed by atoms with Crippen LogP contribution in [0.5, 0.6) is 0 Å². The predicted octanol–water partition coefficient (Wildman–Crippen LogP) is 1.67. The van der Waals surface area contributed by atoms with Crippen molar-refractivity contribution in [2.75, 3.05) is 13.2 Å². The fourth-order valence-electron chi connectivity index (χ4n) is 0.545. The van der Waals surface area contributed by atoms with E-state index in [0.717, 1.165) is 12.8 Å². The molecule has 0 aromatic carbocycles. The van der Waals surface area contributed by atoms with Gasteiger partial charge in [0, 0.05) is 0 Å². The molecule has 0 aliphatic carbocycles. The molecule has 0 aliphatic rings. The van der Waals surface area contributed by atoms with Crippen LogP contribution in [0.15, 0.2) is 0 Å². The van der Waals surface area contributed by atoms with Crippen LogP contribution >= 0.6 is 0 Å². The molecule has 0 saturated heterocycles. The van der Waals surface area contributed by atoms with Crippen LogP contribution in [0.4, 0.5) is 9.59 Å². The third kappa shape index (κ3) is 7.11. The normalized spacial score (nSPS) is 9.08. The number of hydrogen-bond acceptors (Lipinski definition) is 4. The van der Waals surface area contributed by atoms with Gasteiger partial charge in [-0.05, 0) is 12.8 Å². The zero-order valence-electron chi connectivity index (χ0n) is 7.96. The highest BCUT2D eigenvalue weighted by atomic mass is 16.6. The Morgan fingerprint density at radius 1 is 1.00 bits per heavy atom. The van der Waals surface area contributed by atoms with Gasteiger partial charge in [0.05, 0.1) is 13.2 Å². The summed E-state index contributed by atoms with van der Waals surface area (Å²) in [6, 6.07) is 0. The fraction of sp³-hybridized carbons (Fsp3) is 0.750. The number of ether oxygens (including phenoxy) is 2. The van der Waals surface area contributed by atoms with Crippen molar-refractivity contribution >= 4 is 12.2 Å². The highest BCUT2D eigenvalue weighted by Gasteiger charge is 2.07. The van der Waals surface area contributed by atoms with Crippen LogP contribution < -0.4 is 5.32 Å². The van der Waals surface area contributed by atoms with Crippen molar-refractivity contribution in [1.82, 2.24) is 5.32 Å². The van der Waals surface area contributed by atoms with Crippen LogP contribution in [0.3, 0.4) is 0 Å². The predicted molar refractivity (Wildman–Crippen MR) is 46.4 cm³/mol. The lowest BCUT2D eigenvalue weighted by Crippen LogP contribution is -2.31. The molecule has 2 amide bonds. The molecule has 0 aromatic rings. The molecule has 0 fully saturated rings. The molecule has 0 spiro atoms. The lowest BCUT2D eigenvalue weighted by molar-refractivity contribution is 0.124. The van der Waals surface area contributed by atoms with Crippen molar-refractivity contribution < 1.29 is 19.1 Å². The zero-order valence-corrected chi connectivity index (χ0v) is 7.96. The Kier molecular flexibility index (Phi) is 6.68. The van der Waals surface area contributed by atoms with E-state index in [0.29, 0.717) is 13.2 Å². The van der Waals surface area contributed by atoms with Crippen molar-refractivity contribution in [3.63, 3.8) is 0 Å². The van der Waals surface area contributed by atoms with Crippen LogP contribution in [-0.4, -0.2) is 25.4 Å². The molecule has 5 nitrogen and oxygen atoms in total. The monoisotopic (exact) mass is 189 g/mol. The number of carbonyl (C=O) groups is 2. The van der Waals surface area contributed by atoms with Crippen LogP contribution in [0.2, 0.25) is 0 Å². The number of carbonyl (C=O) groups excluding carboxylic acids is 2. The molecule has 5 heteroatoms. The molecule has 0 radical (unpaired) electrons. The third-order valence-corrected chi connectivity index (χ3v) is 1.08. The SMILES string of the molecule is CCCOC(=O)NC(=O)OCCC. The molecule has 0 bridgehead atoms. The maximum absolute atomic E-state index is 10.7. The smallest absolute Gasteiger partial charge is 0.416 e. The van der Waals surface area contributed by atoms with Gasteiger partial charge in [-0.1, -0.05) is 13.8 Å². The van der Waals surface area contributed by atoms with Crippen LogP contribution in [0.1, 0.15) is 26.7 Å². The van der Waals surface area contributed by atoms with Crippen molar-refractivity contribution in [3.05, 3.63) is 0 Å². The van der Waals surface area contributed by atoms with Gasteiger partial charge in [0.1, 0.15) is 0 Å². The summed E-state index contributed by atoms with van der Waals surface area (Å²) in [6.45, 7) is 4.32. The van der Waals surface area contributed by atoms with Crippen molar-refractivity contribution in [2.24, 2.45) is 0 Å². The van der Waals surface area contributed by atoms with Crippen molar-refractivity contribution in [2.45, 2.75) is 26.7 Å². The minimum atomic E-state index is -0.761. The molecule has 0 aliphatic heterocycles. The van der Waals surface area contributed by atoms with Crippen LogP contribution in [0.25, 0.3) is 0 Å². The van der Waals surface area contributed by atoms with Gasteiger partial charge in [0.25, 0.3) is 0 Å². The van der Waals surface area contributed by atoms with E-state index in [4.69, 9.17) is 0 Å². The van der Waals surface area contributed by atoms with E-state index in [1.807, 2.05) is 19.2 Å². The maximum atomic E-state index is 10.7. The minimum absolute atomic E-state index is 0.299. The average Bonchev–Trinajstić information content (AvgIpc) is 2.11. The second kappa shape index (κ2) is 7.39. The first kappa shape index (κ1) is 11.7. The summed E-state index contributed by atoms with van der Waals surface area (Å²) in [6.07, 6.45) is -0.0830. The lowest BCUT2D eigenvalue weighted by Gasteiger charge is -2.04. The van der Waals surface area contributed by atoms with E-state index in [1.165, 1.54) is 0 Å². The fourth-order valence-corrected chi connectivity index (χ4v) is 0.545. The number of nitrogens with one attached hydrogen (secondary N) is 1. The third-order valence-electron chi connectivity index (χ3n) is 1.08.